The summed E-state index contributed by atoms with van der Waals surface area (Å²) in [6.07, 6.45) is 1.65. The molecular weight excluding hydrogens is 356 g/mol. The summed E-state index contributed by atoms with van der Waals surface area (Å²) in [4.78, 5) is 15.8. The molecule has 0 saturated carbocycles. The van der Waals surface area contributed by atoms with Crippen molar-refractivity contribution in [1.82, 2.24) is 10.2 Å². The fourth-order valence-corrected chi connectivity index (χ4v) is 3.99. The first kappa shape index (κ1) is 17.7. The molecule has 1 aliphatic heterocycles. The van der Waals surface area contributed by atoms with Crippen LogP contribution in [0, 0.1) is 12.8 Å². The zero-order valence-electron chi connectivity index (χ0n) is 15.3. The SMILES string of the molecule is Cc1ccc(NC(=O)C2CCN(c3ccc(-c4cccs4)nn3)CC2)cc1. The number of nitrogens with one attached hydrogen (secondary N) is 1. The summed E-state index contributed by atoms with van der Waals surface area (Å²) >= 11 is 1.66. The van der Waals surface area contributed by atoms with Gasteiger partial charge in [0, 0.05) is 24.7 Å². The van der Waals surface area contributed by atoms with Gasteiger partial charge in [0.05, 0.1) is 4.88 Å². The summed E-state index contributed by atoms with van der Waals surface area (Å²) in [5.74, 6) is 1.03. The molecule has 0 atom stereocenters. The van der Waals surface area contributed by atoms with Gasteiger partial charge < -0.3 is 10.2 Å². The van der Waals surface area contributed by atoms with E-state index in [2.05, 4.69) is 20.4 Å². The summed E-state index contributed by atoms with van der Waals surface area (Å²) < 4.78 is 0. The first-order valence-electron chi connectivity index (χ1n) is 9.19. The highest BCUT2D eigenvalue weighted by atomic mass is 32.1. The Hall–Kier alpha value is -2.73. The van der Waals surface area contributed by atoms with Crippen LogP contribution in [0.2, 0.25) is 0 Å². The molecule has 0 unspecified atom stereocenters. The third-order valence-corrected chi connectivity index (χ3v) is 5.83. The van der Waals surface area contributed by atoms with Crippen LogP contribution in [0.5, 0.6) is 0 Å². The van der Waals surface area contributed by atoms with Crippen LogP contribution in [0.3, 0.4) is 0 Å². The van der Waals surface area contributed by atoms with E-state index in [1.54, 1.807) is 11.3 Å². The van der Waals surface area contributed by atoms with Crippen molar-refractivity contribution >= 4 is 28.7 Å². The molecule has 0 spiro atoms. The normalized spacial score (nSPS) is 14.9. The summed E-state index contributed by atoms with van der Waals surface area (Å²) in [6.45, 7) is 3.68. The minimum Gasteiger partial charge on any atom is -0.355 e. The Morgan fingerprint density at radius 2 is 1.85 bits per heavy atom. The molecule has 1 fully saturated rings. The van der Waals surface area contributed by atoms with E-state index in [9.17, 15) is 4.79 Å². The fraction of sp³-hybridized carbons (Fsp3) is 0.286. The van der Waals surface area contributed by atoms with Gasteiger partial charge in [-0.25, -0.2) is 0 Å². The number of carbonyl (C=O) groups is 1. The number of aryl methyl sites for hydroxylation is 1. The molecule has 1 amide bonds. The number of aromatic nitrogens is 2. The maximum atomic E-state index is 12.5. The van der Waals surface area contributed by atoms with Crippen LogP contribution < -0.4 is 10.2 Å². The Balaban J connectivity index is 1.33. The van der Waals surface area contributed by atoms with Gasteiger partial charge in [0.2, 0.25) is 5.91 Å². The molecule has 0 radical (unpaired) electrons. The van der Waals surface area contributed by atoms with Crippen molar-refractivity contribution in [2.24, 2.45) is 5.92 Å². The van der Waals surface area contributed by atoms with E-state index in [0.717, 1.165) is 48.0 Å². The van der Waals surface area contributed by atoms with Crippen molar-refractivity contribution in [2.45, 2.75) is 19.8 Å². The van der Waals surface area contributed by atoms with Gasteiger partial charge in [-0.3, -0.25) is 4.79 Å². The molecule has 1 aliphatic rings. The van der Waals surface area contributed by atoms with Crippen molar-refractivity contribution in [3.05, 3.63) is 59.5 Å². The van der Waals surface area contributed by atoms with Gasteiger partial charge in [-0.1, -0.05) is 23.8 Å². The Morgan fingerprint density at radius 1 is 1.07 bits per heavy atom. The average Bonchev–Trinajstić information content (AvgIpc) is 3.25. The molecule has 1 N–H and O–H groups in total. The summed E-state index contributed by atoms with van der Waals surface area (Å²) in [6, 6.07) is 16.0. The third kappa shape index (κ3) is 4.17. The molecule has 138 valence electrons. The first-order valence-corrected chi connectivity index (χ1v) is 10.1. The Bertz CT molecular complexity index is 883. The number of thiophene rings is 1. The van der Waals surface area contributed by atoms with E-state index in [4.69, 9.17) is 0 Å². The monoisotopic (exact) mass is 378 g/mol. The lowest BCUT2D eigenvalue weighted by Gasteiger charge is -2.31. The topological polar surface area (TPSA) is 58.1 Å². The van der Waals surface area contributed by atoms with E-state index in [1.165, 1.54) is 5.56 Å². The molecule has 1 aromatic carbocycles. The Labute approximate surface area is 163 Å². The molecule has 6 heteroatoms. The van der Waals surface area contributed by atoms with Crippen molar-refractivity contribution < 1.29 is 4.79 Å². The molecule has 27 heavy (non-hydrogen) atoms. The molecule has 3 heterocycles. The number of anilines is 2. The number of piperidine rings is 1. The van der Waals surface area contributed by atoms with Crippen LogP contribution in [0.4, 0.5) is 11.5 Å². The lowest BCUT2D eigenvalue weighted by molar-refractivity contribution is -0.120. The fourth-order valence-electron chi connectivity index (χ4n) is 3.30. The first-order chi connectivity index (χ1) is 13.2. The second kappa shape index (κ2) is 7.88. The predicted octanol–water partition coefficient (Wildman–Crippen LogP) is 4.37. The molecule has 2 aromatic heterocycles. The highest BCUT2D eigenvalue weighted by Crippen LogP contribution is 2.26. The quantitative estimate of drug-likeness (QED) is 0.732. The second-order valence-corrected chi connectivity index (χ2v) is 7.82. The molecular formula is C21H22N4OS. The Kier molecular flexibility index (Phi) is 5.16. The van der Waals surface area contributed by atoms with Crippen LogP contribution >= 0.6 is 11.3 Å². The summed E-state index contributed by atoms with van der Waals surface area (Å²) in [5, 5.41) is 13.8. The number of benzene rings is 1. The van der Waals surface area contributed by atoms with Crippen molar-refractivity contribution in [3.63, 3.8) is 0 Å². The average molecular weight is 379 g/mol. The standard InChI is InChI=1S/C21H22N4OS/c1-15-4-6-17(7-5-15)22-21(26)16-10-12-25(13-11-16)20-9-8-18(23-24-20)19-3-2-14-27-19/h2-9,14,16H,10-13H2,1H3,(H,22,26). The van der Waals surface area contributed by atoms with Crippen LogP contribution in [0.25, 0.3) is 10.6 Å². The van der Waals surface area contributed by atoms with Gasteiger partial charge in [0.15, 0.2) is 5.82 Å². The van der Waals surface area contributed by atoms with Gasteiger partial charge in [0.25, 0.3) is 0 Å². The summed E-state index contributed by atoms with van der Waals surface area (Å²) in [7, 11) is 0. The lowest BCUT2D eigenvalue weighted by atomic mass is 9.95. The van der Waals surface area contributed by atoms with Crippen LogP contribution in [0.15, 0.2) is 53.9 Å². The molecule has 1 saturated heterocycles. The van der Waals surface area contributed by atoms with E-state index in [-0.39, 0.29) is 11.8 Å². The highest BCUT2D eigenvalue weighted by Gasteiger charge is 2.25. The van der Waals surface area contributed by atoms with Crippen molar-refractivity contribution in [3.8, 4) is 10.6 Å². The molecule has 3 aromatic rings. The number of rotatable bonds is 4. The predicted molar refractivity (Wildman–Crippen MR) is 110 cm³/mol. The largest absolute Gasteiger partial charge is 0.355 e. The maximum absolute atomic E-state index is 12.5. The minimum atomic E-state index is 0.0425. The van der Waals surface area contributed by atoms with Gasteiger partial charge in [0.1, 0.15) is 5.69 Å². The van der Waals surface area contributed by atoms with Crippen molar-refractivity contribution in [1.29, 1.82) is 0 Å². The molecule has 5 nitrogen and oxygen atoms in total. The zero-order chi connectivity index (χ0) is 18.6. The minimum absolute atomic E-state index is 0.0425. The van der Waals surface area contributed by atoms with E-state index in [1.807, 2.05) is 60.8 Å². The van der Waals surface area contributed by atoms with E-state index >= 15 is 0 Å². The van der Waals surface area contributed by atoms with Gasteiger partial charge in [-0.2, -0.15) is 0 Å². The summed E-state index contributed by atoms with van der Waals surface area (Å²) in [5.41, 5.74) is 2.96. The van der Waals surface area contributed by atoms with E-state index in [0.29, 0.717) is 0 Å². The third-order valence-electron chi connectivity index (χ3n) is 4.93. The number of hydrogen-bond acceptors (Lipinski definition) is 5. The van der Waals surface area contributed by atoms with Gasteiger partial charge in [-0.05, 0) is 55.5 Å². The van der Waals surface area contributed by atoms with Crippen molar-refractivity contribution in [2.75, 3.05) is 23.3 Å². The number of carbonyl (C=O) groups excluding carboxylic acids is 1. The zero-order valence-corrected chi connectivity index (χ0v) is 16.1. The second-order valence-electron chi connectivity index (χ2n) is 6.87. The lowest BCUT2D eigenvalue weighted by Crippen LogP contribution is -2.38. The van der Waals surface area contributed by atoms with Crippen LogP contribution in [-0.2, 0) is 4.79 Å². The smallest absolute Gasteiger partial charge is 0.227 e. The van der Waals surface area contributed by atoms with Gasteiger partial charge >= 0.3 is 0 Å². The van der Waals surface area contributed by atoms with Crippen LogP contribution in [0.1, 0.15) is 18.4 Å². The highest BCUT2D eigenvalue weighted by molar-refractivity contribution is 7.13. The number of hydrogen-bond donors (Lipinski definition) is 1. The number of amides is 1. The Morgan fingerprint density at radius 3 is 2.48 bits per heavy atom. The van der Waals surface area contributed by atoms with E-state index < -0.39 is 0 Å². The van der Waals surface area contributed by atoms with Crippen LogP contribution in [-0.4, -0.2) is 29.2 Å². The molecule has 0 aliphatic carbocycles. The number of nitrogens with zero attached hydrogens (tertiary/aromatic N) is 3. The van der Waals surface area contributed by atoms with Gasteiger partial charge in [-0.15, -0.1) is 21.5 Å². The molecule has 4 rings (SSSR count). The molecule has 0 bridgehead atoms. The maximum Gasteiger partial charge on any atom is 0.227 e.